The molecule has 3 heterocycles. The summed E-state index contributed by atoms with van der Waals surface area (Å²) in [5.74, 6) is 3.95. The van der Waals surface area contributed by atoms with Crippen molar-refractivity contribution in [1.29, 1.82) is 5.26 Å². The van der Waals surface area contributed by atoms with Crippen molar-refractivity contribution in [3.63, 3.8) is 0 Å². The predicted molar refractivity (Wildman–Crippen MR) is 156 cm³/mol. The van der Waals surface area contributed by atoms with Crippen molar-refractivity contribution in [2.75, 3.05) is 18.0 Å². The Bertz CT molecular complexity index is 1600. The van der Waals surface area contributed by atoms with Gasteiger partial charge in [-0.25, -0.2) is 4.79 Å². The Hall–Kier alpha value is -4.80. The lowest BCUT2D eigenvalue weighted by Crippen LogP contribution is -2.42. The monoisotopic (exact) mass is 562 g/mol. The quantitative estimate of drug-likeness (QED) is 0.178. The van der Waals surface area contributed by atoms with Crippen molar-refractivity contribution in [3.8, 4) is 29.1 Å². The number of carbonyl (C=O) groups excluding carboxylic acids is 1. The first kappa shape index (κ1) is 27.8. The smallest absolute Gasteiger partial charge is 0.338 e. The molecule has 0 saturated carbocycles. The molecule has 1 aliphatic rings. The molecule has 4 aromatic rings. The van der Waals surface area contributed by atoms with Crippen LogP contribution in [0.25, 0.3) is 11.6 Å². The van der Waals surface area contributed by atoms with Gasteiger partial charge < -0.3 is 14.2 Å². The number of anilines is 1. The number of piperidine rings is 1. The second-order valence-electron chi connectivity index (χ2n) is 11.0. The van der Waals surface area contributed by atoms with Crippen LogP contribution in [0.2, 0.25) is 19.6 Å². The number of ether oxygens (including phenoxy) is 1. The number of nitrogens with zero attached hydrogens (tertiary/aromatic N) is 6. The molecule has 2 aromatic heterocycles. The van der Waals surface area contributed by atoms with E-state index in [1.54, 1.807) is 30.3 Å². The maximum absolute atomic E-state index is 12.1. The number of rotatable bonds is 6. The summed E-state index contributed by atoms with van der Waals surface area (Å²) in [6.45, 7) is 7.90. The SMILES string of the molecule is C[Si](C)(C)C#Cc1ccc(C2(C#N)CCN(c3ccc(-c4nc(COC(=O)c5ccccc5)no4)nn3)CC2)cc1. The van der Waals surface area contributed by atoms with Crippen LogP contribution in [0.4, 0.5) is 5.82 Å². The molecule has 1 fully saturated rings. The number of hydrogen-bond donors (Lipinski definition) is 0. The molecule has 0 N–H and O–H groups in total. The van der Waals surface area contributed by atoms with Crippen LogP contribution in [0.1, 0.15) is 40.2 Å². The average molecular weight is 563 g/mol. The minimum Gasteiger partial charge on any atom is -0.454 e. The molecule has 0 amide bonds. The van der Waals surface area contributed by atoms with E-state index in [-0.39, 0.29) is 18.3 Å². The third-order valence-corrected chi connectivity index (χ3v) is 7.73. The molecular weight excluding hydrogens is 532 g/mol. The molecule has 1 saturated heterocycles. The van der Waals surface area contributed by atoms with Crippen LogP contribution in [0, 0.1) is 22.8 Å². The lowest BCUT2D eigenvalue weighted by molar-refractivity contribution is 0.0459. The molecule has 0 aliphatic carbocycles. The minimum atomic E-state index is -1.45. The summed E-state index contributed by atoms with van der Waals surface area (Å²) in [7, 11) is -1.45. The molecule has 9 nitrogen and oxygen atoms in total. The molecule has 0 atom stereocenters. The van der Waals surface area contributed by atoms with Crippen LogP contribution in [0.3, 0.4) is 0 Å². The van der Waals surface area contributed by atoms with Gasteiger partial charge >= 0.3 is 5.97 Å². The van der Waals surface area contributed by atoms with E-state index in [0.717, 1.165) is 11.1 Å². The van der Waals surface area contributed by atoms with Gasteiger partial charge in [-0.2, -0.15) is 10.2 Å². The van der Waals surface area contributed by atoms with Crippen molar-refractivity contribution in [2.24, 2.45) is 0 Å². The third-order valence-electron chi connectivity index (χ3n) is 6.85. The zero-order valence-corrected chi connectivity index (χ0v) is 24.3. The molecule has 0 radical (unpaired) electrons. The Morgan fingerprint density at radius 1 is 1.02 bits per heavy atom. The fourth-order valence-electron chi connectivity index (χ4n) is 4.53. The summed E-state index contributed by atoms with van der Waals surface area (Å²) in [6.07, 6.45) is 1.36. The van der Waals surface area contributed by atoms with Crippen molar-refractivity contribution in [2.45, 2.75) is 44.5 Å². The first-order chi connectivity index (χ1) is 19.7. The van der Waals surface area contributed by atoms with Gasteiger partial charge in [-0.1, -0.05) is 61.0 Å². The van der Waals surface area contributed by atoms with Gasteiger partial charge in [0.05, 0.1) is 17.0 Å². The highest BCUT2D eigenvalue weighted by Gasteiger charge is 2.37. The van der Waals surface area contributed by atoms with Gasteiger partial charge in [-0.05, 0) is 54.8 Å². The molecule has 0 bridgehead atoms. The van der Waals surface area contributed by atoms with Crippen molar-refractivity contribution < 1.29 is 14.1 Å². The van der Waals surface area contributed by atoms with Crippen LogP contribution in [-0.2, 0) is 16.8 Å². The zero-order valence-electron chi connectivity index (χ0n) is 23.3. The van der Waals surface area contributed by atoms with E-state index in [0.29, 0.717) is 43.0 Å². The first-order valence-electron chi connectivity index (χ1n) is 13.4. The van der Waals surface area contributed by atoms with E-state index in [9.17, 15) is 10.1 Å². The number of carbonyl (C=O) groups is 1. The van der Waals surface area contributed by atoms with Crippen molar-refractivity contribution >= 4 is 19.9 Å². The first-order valence-corrected chi connectivity index (χ1v) is 16.9. The number of nitriles is 1. The fraction of sp³-hybridized carbons (Fsp3) is 0.290. The summed E-state index contributed by atoms with van der Waals surface area (Å²) >= 11 is 0. The number of esters is 1. The third kappa shape index (κ3) is 6.68. The van der Waals surface area contributed by atoms with Crippen LogP contribution >= 0.6 is 0 Å². The molecule has 0 unspecified atom stereocenters. The Kier molecular flexibility index (Phi) is 7.95. The largest absolute Gasteiger partial charge is 0.454 e. The normalized spacial score (nSPS) is 14.4. The van der Waals surface area contributed by atoms with Crippen molar-refractivity contribution in [3.05, 3.63) is 89.2 Å². The molecule has 41 heavy (non-hydrogen) atoms. The Morgan fingerprint density at radius 2 is 1.76 bits per heavy atom. The lowest BCUT2D eigenvalue weighted by Gasteiger charge is -2.38. The summed E-state index contributed by atoms with van der Waals surface area (Å²) in [5, 5.41) is 22.7. The van der Waals surface area contributed by atoms with Crippen LogP contribution in [0.15, 0.2) is 71.3 Å². The lowest BCUT2D eigenvalue weighted by atomic mass is 9.74. The Labute approximate surface area is 240 Å². The van der Waals surface area contributed by atoms with E-state index in [1.165, 1.54) is 0 Å². The molecule has 0 spiro atoms. The summed E-state index contributed by atoms with van der Waals surface area (Å²) in [6, 6.07) is 23.0. The highest BCUT2D eigenvalue weighted by molar-refractivity contribution is 6.83. The average Bonchev–Trinajstić information content (AvgIpc) is 3.48. The maximum atomic E-state index is 12.1. The fourth-order valence-corrected chi connectivity index (χ4v) is 5.05. The van der Waals surface area contributed by atoms with Crippen LogP contribution in [0.5, 0.6) is 0 Å². The van der Waals surface area contributed by atoms with E-state index in [4.69, 9.17) is 9.26 Å². The Balaban J connectivity index is 1.18. The zero-order chi connectivity index (χ0) is 28.9. The van der Waals surface area contributed by atoms with Gasteiger partial charge in [0.15, 0.2) is 18.1 Å². The van der Waals surface area contributed by atoms with Gasteiger partial charge in [-0.3, -0.25) is 0 Å². The molecule has 10 heteroatoms. The molecular formula is C31H30N6O3Si. The topological polar surface area (TPSA) is 118 Å². The molecule has 5 rings (SSSR count). The second-order valence-corrected chi connectivity index (χ2v) is 15.7. The standard InChI is InChI=1S/C31H30N6O3Si/c1-41(2,3)20-15-23-9-11-25(12-10-23)31(22-32)16-18-37(19-17-31)28-14-13-26(34-35-28)29-33-27(36-40-29)21-39-30(38)24-7-5-4-6-8-24/h4-14H,16-19,21H2,1-3H3. The number of hydrogen-bond acceptors (Lipinski definition) is 9. The number of benzene rings is 2. The van der Waals surface area contributed by atoms with Gasteiger partial charge in [0.1, 0.15) is 8.07 Å². The minimum absolute atomic E-state index is 0.119. The highest BCUT2D eigenvalue weighted by Crippen LogP contribution is 2.36. The van der Waals surface area contributed by atoms with Gasteiger partial charge in [0.25, 0.3) is 5.89 Å². The molecule has 2 aromatic carbocycles. The highest BCUT2D eigenvalue weighted by atomic mass is 28.3. The summed E-state index contributed by atoms with van der Waals surface area (Å²) in [4.78, 5) is 18.5. The predicted octanol–water partition coefficient (Wildman–Crippen LogP) is 5.17. The number of aromatic nitrogens is 4. The summed E-state index contributed by atoms with van der Waals surface area (Å²) in [5.41, 5.74) is 5.73. The van der Waals surface area contributed by atoms with E-state index in [2.05, 4.69) is 62.4 Å². The van der Waals surface area contributed by atoms with E-state index in [1.807, 2.05) is 36.4 Å². The van der Waals surface area contributed by atoms with E-state index < -0.39 is 19.5 Å². The summed E-state index contributed by atoms with van der Waals surface area (Å²) < 4.78 is 10.5. The second kappa shape index (κ2) is 11.7. The Morgan fingerprint density at radius 3 is 2.39 bits per heavy atom. The van der Waals surface area contributed by atoms with Crippen LogP contribution in [-0.4, -0.2) is 47.5 Å². The molecule has 206 valence electrons. The van der Waals surface area contributed by atoms with E-state index >= 15 is 0 Å². The van der Waals surface area contributed by atoms with Gasteiger partial charge in [0.2, 0.25) is 5.82 Å². The van der Waals surface area contributed by atoms with Crippen LogP contribution < -0.4 is 4.90 Å². The van der Waals surface area contributed by atoms with Gasteiger partial charge in [0, 0.05) is 18.7 Å². The maximum Gasteiger partial charge on any atom is 0.338 e. The van der Waals surface area contributed by atoms with Gasteiger partial charge in [-0.15, -0.1) is 15.7 Å². The molecule has 1 aliphatic heterocycles. The van der Waals surface area contributed by atoms with Crippen molar-refractivity contribution in [1.82, 2.24) is 20.3 Å².